The molecule has 2 unspecified atom stereocenters. The largest absolute Gasteiger partial charge is 0.324 e. The summed E-state index contributed by atoms with van der Waals surface area (Å²) in [6.07, 6.45) is 1.12. The monoisotopic (exact) mass is 342 g/mol. The van der Waals surface area contributed by atoms with Crippen LogP contribution in [0.2, 0.25) is 0 Å². The average molecular weight is 344 g/mol. The molecule has 0 aliphatic carbocycles. The van der Waals surface area contributed by atoms with Crippen molar-refractivity contribution in [3.8, 4) is 0 Å². The second-order valence-corrected chi connectivity index (χ2v) is 7.14. The number of fused-ring (bicyclic) bond motifs is 1. The third-order valence-electron chi connectivity index (χ3n) is 3.29. The highest BCUT2D eigenvalue weighted by Crippen LogP contribution is 2.31. The van der Waals surface area contributed by atoms with Crippen LogP contribution in [0.3, 0.4) is 0 Å². The van der Waals surface area contributed by atoms with E-state index in [-0.39, 0.29) is 5.38 Å². The minimum Gasteiger partial charge on any atom is -0.324 e. The smallest absolute Gasteiger partial charge is 0.127 e. The predicted octanol–water partition coefficient (Wildman–Crippen LogP) is 5.71. The topological polar surface area (TPSA) is 17.8 Å². The van der Waals surface area contributed by atoms with E-state index in [1.807, 2.05) is 6.92 Å². The van der Waals surface area contributed by atoms with Crippen LogP contribution < -0.4 is 0 Å². The summed E-state index contributed by atoms with van der Waals surface area (Å²) in [7, 11) is 0. The zero-order chi connectivity index (χ0) is 14.2. The highest BCUT2D eigenvalue weighted by atomic mass is 79.9. The van der Waals surface area contributed by atoms with E-state index in [2.05, 4.69) is 59.5 Å². The zero-order valence-electron chi connectivity index (χ0n) is 11.8. The van der Waals surface area contributed by atoms with Crippen LogP contribution in [-0.2, 0) is 0 Å². The van der Waals surface area contributed by atoms with Gasteiger partial charge in [0.25, 0.3) is 0 Å². The number of hydrogen-bond donors (Lipinski definition) is 0. The Labute approximate surface area is 128 Å². The molecule has 2 rings (SSSR count). The first-order valence-electron chi connectivity index (χ1n) is 6.71. The molecule has 0 saturated heterocycles. The van der Waals surface area contributed by atoms with Gasteiger partial charge in [0.05, 0.1) is 16.4 Å². The van der Waals surface area contributed by atoms with Gasteiger partial charge < -0.3 is 4.57 Å². The van der Waals surface area contributed by atoms with Crippen molar-refractivity contribution in [1.82, 2.24) is 9.55 Å². The summed E-state index contributed by atoms with van der Waals surface area (Å²) in [5.74, 6) is 1.62. The SMILES string of the molecule is CC(C)CC(C)n1c(C(C)Cl)nc2cc(Br)ccc21. The fraction of sp³-hybridized carbons (Fsp3) is 0.533. The zero-order valence-corrected chi connectivity index (χ0v) is 14.2. The molecule has 0 radical (unpaired) electrons. The van der Waals surface area contributed by atoms with Gasteiger partial charge >= 0.3 is 0 Å². The lowest BCUT2D eigenvalue weighted by atomic mass is 10.0. The number of rotatable bonds is 4. The molecule has 2 atom stereocenters. The van der Waals surface area contributed by atoms with Gasteiger partial charge in [-0.2, -0.15) is 0 Å². The third kappa shape index (κ3) is 3.14. The Balaban J connectivity index is 2.58. The third-order valence-corrected chi connectivity index (χ3v) is 3.98. The summed E-state index contributed by atoms with van der Waals surface area (Å²) in [6.45, 7) is 8.72. The summed E-state index contributed by atoms with van der Waals surface area (Å²) in [4.78, 5) is 4.70. The molecular formula is C15H20BrClN2. The van der Waals surface area contributed by atoms with Crippen LogP contribution in [0.4, 0.5) is 0 Å². The molecule has 4 heteroatoms. The van der Waals surface area contributed by atoms with Crippen molar-refractivity contribution in [2.24, 2.45) is 5.92 Å². The van der Waals surface area contributed by atoms with Crippen LogP contribution in [0.25, 0.3) is 11.0 Å². The van der Waals surface area contributed by atoms with E-state index in [0.29, 0.717) is 12.0 Å². The number of imidazole rings is 1. The molecule has 0 spiro atoms. The first kappa shape index (κ1) is 14.9. The maximum absolute atomic E-state index is 6.31. The molecule has 2 aromatic rings. The number of benzene rings is 1. The standard InChI is InChI=1S/C15H20BrClN2/c1-9(2)7-10(3)19-14-6-5-12(16)8-13(14)18-15(19)11(4)17/h5-6,8-11H,7H2,1-4H3. The quantitative estimate of drug-likeness (QED) is 0.650. The minimum absolute atomic E-state index is 0.0826. The Morgan fingerprint density at radius 2 is 1.95 bits per heavy atom. The van der Waals surface area contributed by atoms with E-state index in [1.54, 1.807) is 0 Å². The van der Waals surface area contributed by atoms with Crippen LogP contribution in [0, 0.1) is 5.92 Å². The van der Waals surface area contributed by atoms with Gasteiger partial charge in [-0.25, -0.2) is 4.98 Å². The molecule has 1 aromatic heterocycles. The molecular weight excluding hydrogens is 324 g/mol. The molecule has 0 bridgehead atoms. The molecule has 0 fully saturated rings. The second-order valence-electron chi connectivity index (χ2n) is 5.57. The van der Waals surface area contributed by atoms with E-state index in [1.165, 1.54) is 5.52 Å². The lowest BCUT2D eigenvalue weighted by Crippen LogP contribution is -2.12. The normalized spacial score (nSPS) is 15.1. The van der Waals surface area contributed by atoms with Gasteiger partial charge in [0, 0.05) is 10.5 Å². The number of halogens is 2. The molecule has 0 saturated carbocycles. The molecule has 19 heavy (non-hydrogen) atoms. The highest BCUT2D eigenvalue weighted by molar-refractivity contribution is 9.10. The molecule has 104 valence electrons. The summed E-state index contributed by atoms with van der Waals surface area (Å²) in [5, 5.41) is -0.0826. The van der Waals surface area contributed by atoms with Crippen molar-refractivity contribution in [3.05, 3.63) is 28.5 Å². The van der Waals surface area contributed by atoms with Gasteiger partial charge in [0.1, 0.15) is 5.82 Å². The molecule has 1 aromatic carbocycles. The molecule has 2 nitrogen and oxygen atoms in total. The number of nitrogens with zero attached hydrogens (tertiary/aromatic N) is 2. The summed E-state index contributed by atoms with van der Waals surface area (Å²) in [5.41, 5.74) is 2.17. The van der Waals surface area contributed by atoms with Gasteiger partial charge in [-0.05, 0) is 44.4 Å². The van der Waals surface area contributed by atoms with Crippen molar-refractivity contribution in [2.45, 2.75) is 45.5 Å². The second kappa shape index (κ2) is 5.84. The maximum atomic E-state index is 6.31. The molecule has 0 amide bonds. The van der Waals surface area contributed by atoms with Crippen LogP contribution >= 0.6 is 27.5 Å². The van der Waals surface area contributed by atoms with E-state index in [0.717, 1.165) is 22.2 Å². The average Bonchev–Trinajstić information content (AvgIpc) is 2.66. The fourth-order valence-corrected chi connectivity index (χ4v) is 3.12. The van der Waals surface area contributed by atoms with E-state index in [4.69, 9.17) is 16.6 Å². The van der Waals surface area contributed by atoms with Crippen molar-refractivity contribution in [3.63, 3.8) is 0 Å². The van der Waals surface area contributed by atoms with Crippen molar-refractivity contribution < 1.29 is 0 Å². The number of aromatic nitrogens is 2. The first-order valence-corrected chi connectivity index (χ1v) is 7.94. The lowest BCUT2D eigenvalue weighted by molar-refractivity contribution is 0.425. The predicted molar refractivity (Wildman–Crippen MR) is 85.9 cm³/mol. The summed E-state index contributed by atoms with van der Waals surface area (Å²) < 4.78 is 3.34. The minimum atomic E-state index is -0.0826. The van der Waals surface area contributed by atoms with E-state index in [9.17, 15) is 0 Å². The highest BCUT2D eigenvalue weighted by Gasteiger charge is 2.19. The summed E-state index contributed by atoms with van der Waals surface area (Å²) in [6, 6.07) is 6.64. The van der Waals surface area contributed by atoms with Crippen LogP contribution in [-0.4, -0.2) is 9.55 Å². The maximum Gasteiger partial charge on any atom is 0.127 e. The summed E-state index contributed by atoms with van der Waals surface area (Å²) >= 11 is 9.80. The lowest BCUT2D eigenvalue weighted by Gasteiger charge is -2.20. The Hall–Kier alpha value is -0.540. The van der Waals surface area contributed by atoms with Crippen LogP contribution in [0.5, 0.6) is 0 Å². The number of alkyl halides is 1. The molecule has 0 aliphatic heterocycles. The molecule has 0 aliphatic rings. The Bertz CT molecular complexity index is 575. The fourth-order valence-electron chi connectivity index (χ4n) is 2.62. The Morgan fingerprint density at radius 3 is 2.53 bits per heavy atom. The van der Waals surface area contributed by atoms with Crippen molar-refractivity contribution >= 4 is 38.6 Å². The van der Waals surface area contributed by atoms with Crippen LogP contribution in [0.15, 0.2) is 22.7 Å². The van der Waals surface area contributed by atoms with Crippen molar-refractivity contribution in [1.29, 1.82) is 0 Å². The molecule has 1 heterocycles. The Kier molecular flexibility index (Phi) is 4.57. The van der Waals surface area contributed by atoms with E-state index >= 15 is 0 Å². The van der Waals surface area contributed by atoms with Gasteiger partial charge in [0.15, 0.2) is 0 Å². The van der Waals surface area contributed by atoms with Gasteiger partial charge in [-0.3, -0.25) is 0 Å². The van der Waals surface area contributed by atoms with Gasteiger partial charge in [-0.15, -0.1) is 11.6 Å². The van der Waals surface area contributed by atoms with E-state index < -0.39 is 0 Å². The van der Waals surface area contributed by atoms with Crippen molar-refractivity contribution in [2.75, 3.05) is 0 Å². The number of hydrogen-bond acceptors (Lipinski definition) is 1. The van der Waals surface area contributed by atoms with Crippen LogP contribution in [0.1, 0.15) is 51.4 Å². The van der Waals surface area contributed by atoms with Gasteiger partial charge in [-0.1, -0.05) is 29.8 Å². The molecule has 0 N–H and O–H groups in total. The van der Waals surface area contributed by atoms with Gasteiger partial charge in [0.2, 0.25) is 0 Å². The Morgan fingerprint density at radius 1 is 1.26 bits per heavy atom. The first-order chi connectivity index (χ1) is 8.90.